The summed E-state index contributed by atoms with van der Waals surface area (Å²) in [7, 11) is 1.71. The van der Waals surface area contributed by atoms with Gasteiger partial charge in [0.2, 0.25) is 5.91 Å². The molecule has 0 fully saturated rings. The molecule has 1 amide bonds. The number of hydrogen-bond donors (Lipinski definition) is 2. The van der Waals surface area contributed by atoms with Crippen LogP contribution in [0.1, 0.15) is 31.0 Å². The van der Waals surface area contributed by atoms with Crippen molar-refractivity contribution in [1.82, 2.24) is 5.32 Å². The van der Waals surface area contributed by atoms with Crippen LogP contribution in [0.15, 0.2) is 42.5 Å². The fraction of sp³-hybridized carbons (Fsp3) is 0.350. The molecule has 0 saturated heterocycles. The van der Waals surface area contributed by atoms with E-state index in [4.69, 9.17) is 11.6 Å². The van der Waals surface area contributed by atoms with Crippen molar-refractivity contribution in [2.75, 3.05) is 18.5 Å². The second-order valence-electron chi connectivity index (χ2n) is 7.06. The summed E-state index contributed by atoms with van der Waals surface area (Å²) in [5.74, 6) is -0.733. The Morgan fingerprint density at radius 3 is 2.62 bits per heavy atom. The Morgan fingerprint density at radius 2 is 1.96 bits per heavy atom. The number of rotatable bonds is 5. The molecule has 2 aromatic carbocycles. The first-order valence-electron chi connectivity index (χ1n) is 8.49. The first-order valence-corrected chi connectivity index (χ1v) is 8.87. The topological polar surface area (TPSA) is 52.6 Å². The molecule has 1 aliphatic rings. The Morgan fingerprint density at radius 1 is 1.27 bits per heavy atom. The molecule has 1 aliphatic heterocycles. The molecule has 0 unspecified atom stereocenters. The monoisotopic (exact) mass is 376 g/mol. The first-order chi connectivity index (χ1) is 12.3. The van der Waals surface area contributed by atoms with Gasteiger partial charge in [-0.25, -0.2) is 4.39 Å². The molecule has 0 aliphatic carbocycles. The SMILES string of the molecule is CNC[C@@H](O)[C@H](c1cccc(Cl)c1)N1C(=O)C(C)(C)c2cccc(F)c21. The highest BCUT2D eigenvalue weighted by Crippen LogP contribution is 2.47. The van der Waals surface area contributed by atoms with E-state index in [0.717, 1.165) is 0 Å². The molecule has 0 radical (unpaired) electrons. The van der Waals surface area contributed by atoms with Crippen molar-refractivity contribution >= 4 is 23.2 Å². The van der Waals surface area contributed by atoms with Crippen molar-refractivity contribution in [2.24, 2.45) is 0 Å². The smallest absolute Gasteiger partial charge is 0.237 e. The number of hydrogen-bond acceptors (Lipinski definition) is 3. The molecule has 26 heavy (non-hydrogen) atoms. The number of nitrogens with zero attached hydrogens (tertiary/aromatic N) is 1. The molecule has 0 spiro atoms. The average Bonchev–Trinajstić information content (AvgIpc) is 2.78. The van der Waals surface area contributed by atoms with Crippen molar-refractivity contribution in [3.05, 3.63) is 64.4 Å². The molecule has 1 heterocycles. The average molecular weight is 377 g/mol. The van der Waals surface area contributed by atoms with Crippen LogP contribution in [0.2, 0.25) is 5.02 Å². The highest BCUT2D eigenvalue weighted by Gasteiger charge is 2.49. The first kappa shape index (κ1) is 18.8. The molecular weight excluding hydrogens is 355 g/mol. The van der Waals surface area contributed by atoms with Crippen LogP contribution in [0.25, 0.3) is 0 Å². The largest absolute Gasteiger partial charge is 0.389 e. The number of aliphatic hydroxyl groups is 1. The van der Waals surface area contributed by atoms with Crippen molar-refractivity contribution in [2.45, 2.75) is 31.4 Å². The minimum Gasteiger partial charge on any atom is -0.389 e. The number of aliphatic hydroxyl groups excluding tert-OH is 1. The summed E-state index contributed by atoms with van der Waals surface area (Å²) in [4.78, 5) is 14.6. The Balaban J connectivity index is 2.20. The van der Waals surface area contributed by atoms with Gasteiger partial charge in [0.1, 0.15) is 5.82 Å². The quantitative estimate of drug-likeness (QED) is 0.840. The summed E-state index contributed by atoms with van der Waals surface area (Å²) < 4.78 is 14.7. The van der Waals surface area contributed by atoms with E-state index in [1.165, 1.54) is 11.0 Å². The van der Waals surface area contributed by atoms with E-state index in [0.29, 0.717) is 16.1 Å². The zero-order valence-electron chi connectivity index (χ0n) is 15.0. The standard InChI is InChI=1S/C20H22ClFN2O2/c1-20(2)14-8-5-9-15(22)18(14)24(19(20)26)17(16(25)11-23-3)12-6-4-7-13(21)10-12/h4-10,16-17,23,25H,11H2,1-3H3/t16-,17+/m1/s1. The number of para-hydroxylation sites is 1. The lowest BCUT2D eigenvalue weighted by Crippen LogP contribution is -2.45. The molecule has 6 heteroatoms. The van der Waals surface area contributed by atoms with Crippen LogP contribution in [0.4, 0.5) is 10.1 Å². The number of nitrogens with one attached hydrogen (secondary N) is 1. The normalized spacial score (nSPS) is 17.9. The summed E-state index contributed by atoms with van der Waals surface area (Å²) in [6, 6.07) is 10.9. The van der Waals surface area contributed by atoms with Gasteiger partial charge in [-0.1, -0.05) is 35.9 Å². The van der Waals surface area contributed by atoms with E-state index in [1.807, 2.05) is 0 Å². The summed E-state index contributed by atoms with van der Waals surface area (Å²) in [5, 5.41) is 14.2. The Labute approximate surface area is 157 Å². The maximum atomic E-state index is 14.7. The number of anilines is 1. The van der Waals surface area contributed by atoms with Crippen molar-refractivity contribution in [3.8, 4) is 0 Å². The van der Waals surface area contributed by atoms with Gasteiger partial charge in [0, 0.05) is 11.6 Å². The zero-order valence-corrected chi connectivity index (χ0v) is 15.7. The Kier molecular flexibility index (Phi) is 5.06. The molecule has 138 valence electrons. The summed E-state index contributed by atoms with van der Waals surface area (Å²) in [6.07, 6.45) is -0.941. The molecule has 2 aromatic rings. The summed E-state index contributed by atoms with van der Waals surface area (Å²) in [5.41, 5.74) is 0.613. The Bertz CT molecular complexity index is 840. The van der Waals surface area contributed by atoms with Gasteiger partial charge in [0.15, 0.2) is 0 Å². The number of benzene rings is 2. The number of carbonyl (C=O) groups excluding carboxylic acids is 1. The zero-order chi connectivity index (χ0) is 19.1. The van der Waals surface area contributed by atoms with Gasteiger partial charge in [-0.05, 0) is 50.2 Å². The predicted molar refractivity (Wildman–Crippen MR) is 101 cm³/mol. The van der Waals surface area contributed by atoms with Crippen molar-refractivity contribution in [1.29, 1.82) is 0 Å². The van der Waals surface area contributed by atoms with Crippen molar-refractivity contribution in [3.63, 3.8) is 0 Å². The van der Waals surface area contributed by atoms with Gasteiger partial charge in [-0.15, -0.1) is 0 Å². The molecule has 0 bridgehead atoms. The van der Waals surface area contributed by atoms with Gasteiger partial charge in [-0.2, -0.15) is 0 Å². The van der Waals surface area contributed by atoms with Gasteiger partial charge in [-0.3, -0.25) is 9.69 Å². The molecule has 4 nitrogen and oxygen atoms in total. The van der Waals surface area contributed by atoms with E-state index in [9.17, 15) is 14.3 Å². The Hall–Kier alpha value is -1.95. The van der Waals surface area contributed by atoms with Crippen LogP contribution < -0.4 is 10.2 Å². The number of amides is 1. The van der Waals surface area contributed by atoms with E-state index in [-0.39, 0.29) is 18.1 Å². The summed E-state index contributed by atoms with van der Waals surface area (Å²) >= 11 is 6.13. The fourth-order valence-corrected chi connectivity index (χ4v) is 3.80. The lowest BCUT2D eigenvalue weighted by molar-refractivity contribution is -0.123. The highest BCUT2D eigenvalue weighted by molar-refractivity contribution is 6.30. The van der Waals surface area contributed by atoms with Crippen LogP contribution in [0.3, 0.4) is 0 Å². The van der Waals surface area contributed by atoms with E-state index >= 15 is 0 Å². The maximum absolute atomic E-state index is 14.7. The van der Waals surface area contributed by atoms with Crippen LogP contribution in [0, 0.1) is 5.82 Å². The second-order valence-corrected chi connectivity index (χ2v) is 7.50. The van der Waals surface area contributed by atoms with Gasteiger partial charge in [0.05, 0.1) is 23.2 Å². The van der Waals surface area contributed by atoms with Crippen LogP contribution in [-0.4, -0.2) is 30.7 Å². The third kappa shape index (κ3) is 3.00. The number of halogens is 2. The van der Waals surface area contributed by atoms with E-state index < -0.39 is 23.4 Å². The molecule has 0 saturated carbocycles. The predicted octanol–water partition coefficient (Wildman–Crippen LogP) is 3.42. The van der Waals surface area contributed by atoms with E-state index in [1.54, 1.807) is 57.3 Å². The molecular formula is C20H22ClFN2O2. The van der Waals surface area contributed by atoms with Crippen LogP contribution in [-0.2, 0) is 10.2 Å². The van der Waals surface area contributed by atoms with Crippen LogP contribution in [0.5, 0.6) is 0 Å². The number of fused-ring (bicyclic) bond motifs is 1. The second kappa shape index (κ2) is 6.99. The molecule has 2 N–H and O–H groups in total. The molecule has 0 aromatic heterocycles. The van der Waals surface area contributed by atoms with Gasteiger partial charge >= 0.3 is 0 Å². The number of likely N-dealkylation sites (N-methyl/N-ethyl adjacent to an activating group) is 1. The third-order valence-corrected chi connectivity index (χ3v) is 5.14. The van der Waals surface area contributed by atoms with Gasteiger partial charge < -0.3 is 10.4 Å². The minimum absolute atomic E-state index is 0.225. The van der Waals surface area contributed by atoms with Gasteiger partial charge in [0.25, 0.3) is 0 Å². The maximum Gasteiger partial charge on any atom is 0.237 e. The number of carbonyl (C=O) groups is 1. The lowest BCUT2D eigenvalue weighted by Gasteiger charge is -2.34. The van der Waals surface area contributed by atoms with Crippen LogP contribution >= 0.6 is 11.6 Å². The molecule has 2 atom stereocenters. The molecule has 3 rings (SSSR count). The third-order valence-electron chi connectivity index (χ3n) is 4.90. The van der Waals surface area contributed by atoms with E-state index in [2.05, 4.69) is 5.32 Å². The minimum atomic E-state index is -0.941. The van der Waals surface area contributed by atoms with Crippen molar-refractivity contribution < 1.29 is 14.3 Å². The summed E-state index contributed by atoms with van der Waals surface area (Å²) in [6.45, 7) is 3.78. The highest BCUT2D eigenvalue weighted by atomic mass is 35.5. The lowest BCUT2D eigenvalue weighted by atomic mass is 9.86. The fourth-order valence-electron chi connectivity index (χ4n) is 3.60.